The van der Waals surface area contributed by atoms with Gasteiger partial charge in [-0.15, -0.1) is 0 Å². The molecule has 0 spiro atoms. The summed E-state index contributed by atoms with van der Waals surface area (Å²) in [5.74, 6) is -0.178. The zero-order valence-electron chi connectivity index (χ0n) is 17.7. The molecule has 3 rings (SSSR count). The van der Waals surface area contributed by atoms with E-state index in [2.05, 4.69) is 10.6 Å². The summed E-state index contributed by atoms with van der Waals surface area (Å²) in [5.41, 5.74) is 1.64. The molecule has 33 heavy (non-hydrogen) atoms. The van der Waals surface area contributed by atoms with E-state index in [0.717, 1.165) is 0 Å². The van der Waals surface area contributed by atoms with Crippen molar-refractivity contribution >= 4 is 40.9 Å². The average Bonchev–Trinajstić information content (AvgIpc) is 2.83. The summed E-state index contributed by atoms with van der Waals surface area (Å²) in [4.78, 5) is 24.6. The number of benzene rings is 3. The first-order valence-electron chi connectivity index (χ1n) is 9.83. The van der Waals surface area contributed by atoms with Gasteiger partial charge in [-0.3, -0.25) is 9.59 Å². The number of anilines is 2. The fourth-order valence-electron chi connectivity index (χ4n) is 2.80. The van der Waals surface area contributed by atoms with Gasteiger partial charge in [-0.25, -0.2) is 0 Å². The quantitative estimate of drug-likeness (QED) is 0.366. The highest BCUT2D eigenvalue weighted by molar-refractivity contribution is 6.30. The Morgan fingerprint density at radius 3 is 2.33 bits per heavy atom. The predicted octanol–water partition coefficient (Wildman–Crippen LogP) is 4.91. The van der Waals surface area contributed by atoms with Crippen LogP contribution in [0.1, 0.15) is 5.56 Å². The molecule has 0 unspecified atom stereocenters. The second-order valence-electron chi connectivity index (χ2n) is 6.74. The van der Waals surface area contributed by atoms with Gasteiger partial charge in [-0.2, -0.15) is 5.26 Å². The molecular formula is C25H20ClN3O4. The monoisotopic (exact) mass is 461 g/mol. The third kappa shape index (κ3) is 6.86. The van der Waals surface area contributed by atoms with Gasteiger partial charge in [0.25, 0.3) is 11.8 Å². The second-order valence-corrected chi connectivity index (χ2v) is 7.18. The minimum Gasteiger partial charge on any atom is -0.493 e. The lowest BCUT2D eigenvalue weighted by molar-refractivity contribution is -0.118. The molecule has 0 aliphatic carbocycles. The molecule has 0 saturated carbocycles. The Bertz CT molecular complexity index is 1200. The summed E-state index contributed by atoms with van der Waals surface area (Å²) in [6, 6.07) is 22.3. The highest BCUT2D eigenvalue weighted by Crippen LogP contribution is 2.29. The topological polar surface area (TPSA) is 100 Å². The van der Waals surface area contributed by atoms with Crippen molar-refractivity contribution in [3.05, 3.63) is 89.0 Å². The van der Waals surface area contributed by atoms with Crippen LogP contribution >= 0.6 is 11.6 Å². The number of ether oxygens (including phenoxy) is 2. The minimum absolute atomic E-state index is 0.0945. The molecule has 0 heterocycles. The molecule has 3 aromatic rings. The number of amides is 2. The first-order chi connectivity index (χ1) is 16.0. The highest BCUT2D eigenvalue weighted by Gasteiger charge is 2.12. The maximum Gasteiger partial charge on any atom is 0.266 e. The lowest BCUT2D eigenvalue weighted by atomic mass is 10.1. The van der Waals surface area contributed by atoms with E-state index in [0.29, 0.717) is 33.5 Å². The van der Waals surface area contributed by atoms with E-state index in [1.807, 2.05) is 24.3 Å². The van der Waals surface area contributed by atoms with Crippen LogP contribution in [0.15, 0.2) is 78.4 Å². The summed E-state index contributed by atoms with van der Waals surface area (Å²) in [6.45, 7) is -0.215. The second kappa shape index (κ2) is 11.4. The lowest BCUT2D eigenvalue weighted by Crippen LogP contribution is -2.20. The Hall–Kier alpha value is -4.28. The van der Waals surface area contributed by atoms with Crippen LogP contribution in [0, 0.1) is 11.3 Å². The summed E-state index contributed by atoms with van der Waals surface area (Å²) < 4.78 is 10.9. The molecule has 3 aromatic carbocycles. The molecule has 166 valence electrons. The average molecular weight is 462 g/mol. The van der Waals surface area contributed by atoms with Crippen LogP contribution in [0.5, 0.6) is 11.5 Å². The van der Waals surface area contributed by atoms with Gasteiger partial charge in [-0.1, -0.05) is 35.9 Å². The number of hydrogen-bond donors (Lipinski definition) is 2. The van der Waals surface area contributed by atoms with E-state index in [4.69, 9.17) is 21.1 Å². The Morgan fingerprint density at radius 2 is 1.67 bits per heavy atom. The maximum atomic E-state index is 12.4. The van der Waals surface area contributed by atoms with Crippen molar-refractivity contribution in [3.8, 4) is 17.6 Å². The van der Waals surface area contributed by atoms with E-state index in [1.165, 1.54) is 13.2 Å². The number of methoxy groups -OCH3 is 1. The minimum atomic E-state index is -0.559. The van der Waals surface area contributed by atoms with Gasteiger partial charge in [0, 0.05) is 16.4 Å². The smallest absolute Gasteiger partial charge is 0.266 e. The summed E-state index contributed by atoms with van der Waals surface area (Å²) in [6.07, 6.45) is 1.43. The number of halogens is 1. The van der Waals surface area contributed by atoms with E-state index in [9.17, 15) is 14.9 Å². The Morgan fingerprint density at radius 1 is 0.970 bits per heavy atom. The number of nitrogens with one attached hydrogen (secondary N) is 2. The SMILES string of the molecule is COc1cc(/C=C(\C#N)C(=O)Nc2ccc(Cl)cc2)ccc1OCC(=O)Nc1ccccc1. The largest absolute Gasteiger partial charge is 0.493 e. The molecule has 2 amide bonds. The normalized spacial score (nSPS) is 10.6. The molecule has 0 aromatic heterocycles. The zero-order chi connectivity index (χ0) is 23.6. The molecule has 0 radical (unpaired) electrons. The number of nitriles is 1. The number of carbonyl (C=O) groups is 2. The molecule has 0 bridgehead atoms. The van der Waals surface area contributed by atoms with Crippen LogP contribution in [0.3, 0.4) is 0 Å². The highest BCUT2D eigenvalue weighted by atomic mass is 35.5. The van der Waals surface area contributed by atoms with Crippen LogP contribution in [0.25, 0.3) is 6.08 Å². The molecule has 0 atom stereocenters. The first-order valence-corrected chi connectivity index (χ1v) is 10.2. The van der Waals surface area contributed by atoms with Gasteiger partial charge < -0.3 is 20.1 Å². The molecule has 2 N–H and O–H groups in total. The van der Waals surface area contributed by atoms with Crippen LogP contribution in [0.2, 0.25) is 5.02 Å². The van der Waals surface area contributed by atoms with Crippen LogP contribution in [0.4, 0.5) is 11.4 Å². The fraction of sp³-hybridized carbons (Fsp3) is 0.0800. The van der Waals surface area contributed by atoms with Crippen molar-refractivity contribution in [1.29, 1.82) is 5.26 Å². The number of rotatable bonds is 8. The van der Waals surface area contributed by atoms with Gasteiger partial charge in [0.15, 0.2) is 18.1 Å². The third-order valence-electron chi connectivity index (χ3n) is 4.38. The molecule has 0 fully saturated rings. The summed E-state index contributed by atoms with van der Waals surface area (Å²) in [7, 11) is 1.46. The number of hydrogen-bond acceptors (Lipinski definition) is 5. The van der Waals surface area contributed by atoms with Crippen LogP contribution < -0.4 is 20.1 Å². The van der Waals surface area contributed by atoms with Crippen molar-refractivity contribution in [1.82, 2.24) is 0 Å². The van der Waals surface area contributed by atoms with Crippen LogP contribution in [-0.2, 0) is 9.59 Å². The van der Waals surface area contributed by atoms with Crippen molar-refractivity contribution in [2.24, 2.45) is 0 Å². The molecule has 8 heteroatoms. The van der Waals surface area contributed by atoms with E-state index in [-0.39, 0.29) is 18.1 Å². The van der Waals surface area contributed by atoms with Gasteiger partial charge in [0.05, 0.1) is 7.11 Å². The van der Waals surface area contributed by atoms with Crippen LogP contribution in [-0.4, -0.2) is 25.5 Å². The molecular weight excluding hydrogens is 442 g/mol. The van der Waals surface area contributed by atoms with Gasteiger partial charge in [0.2, 0.25) is 0 Å². The summed E-state index contributed by atoms with van der Waals surface area (Å²) >= 11 is 5.84. The van der Waals surface area contributed by atoms with E-state index >= 15 is 0 Å². The number of nitrogens with zero attached hydrogens (tertiary/aromatic N) is 1. The number of carbonyl (C=O) groups excluding carboxylic acids is 2. The third-order valence-corrected chi connectivity index (χ3v) is 4.63. The summed E-state index contributed by atoms with van der Waals surface area (Å²) in [5, 5.41) is 15.3. The van der Waals surface area contributed by atoms with Gasteiger partial charge in [-0.05, 0) is 60.2 Å². The first kappa shape index (κ1) is 23.4. The number of para-hydroxylation sites is 1. The zero-order valence-corrected chi connectivity index (χ0v) is 18.4. The maximum absolute atomic E-state index is 12.4. The molecule has 0 saturated heterocycles. The van der Waals surface area contributed by atoms with Crippen molar-refractivity contribution < 1.29 is 19.1 Å². The Labute approximate surface area is 196 Å². The van der Waals surface area contributed by atoms with E-state index < -0.39 is 5.91 Å². The lowest BCUT2D eigenvalue weighted by Gasteiger charge is -2.12. The standard InChI is InChI=1S/C25H20ClN3O4/c1-32-23-14-17(13-18(15-27)25(31)29-21-10-8-19(26)9-11-21)7-12-22(23)33-16-24(30)28-20-5-3-2-4-6-20/h2-14H,16H2,1H3,(H,28,30)(H,29,31)/b18-13+. The molecule has 0 aliphatic rings. The van der Waals surface area contributed by atoms with E-state index in [1.54, 1.807) is 54.6 Å². The van der Waals surface area contributed by atoms with Gasteiger partial charge in [0.1, 0.15) is 11.6 Å². The Kier molecular flexibility index (Phi) is 8.06. The fourth-order valence-corrected chi connectivity index (χ4v) is 2.93. The van der Waals surface area contributed by atoms with Crippen molar-refractivity contribution in [2.75, 3.05) is 24.4 Å². The molecule has 7 nitrogen and oxygen atoms in total. The van der Waals surface area contributed by atoms with Gasteiger partial charge >= 0.3 is 0 Å². The predicted molar refractivity (Wildman–Crippen MR) is 127 cm³/mol. The van der Waals surface area contributed by atoms with Crippen molar-refractivity contribution in [3.63, 3.8) is 0 Å². The molecule has 0 aliphatic heterocycles. The van der Waals surface area contributed by atoms with Crippen molar-refractivity contribution in [2.45, 2.75) is 0 Å². The Balaban J connectivity index is 1.67.